The Morgan fingerprint density at radius 2 is 1.56 bits per heavy atom. The monoisotopic (exact) mass is 336 g/mol. The van der Waals surface area contributed by atoms with Crippen molar-refractivity contribution in [2.24, 2.45) is 0 Å². The molecule has 6 nitrogen and oxygen atoms in total. The predicted octanol–water partition coefficient (Wildman–Crippen LogP) is 1.84. The van der Waals surface area contributed by atoms with Crippen LogP contribution < -0.4 is 4.90 Å². The molecule has 2 aliphatic rings. The van der Waals surface area contributed by atoms with Crippen molar-refractivity contribution in [1.82, 2.24) is 4.90 Å². The molecule has 2 aliphatic heterocycles. The van der Waals surface area contributed by atoms with Crippen LogP contribution in [0.5, 0.6) is 0 Å². The summed E-state index contributed by atoms with van der Waals surface area (Å²) < 4.78 is 5.07. The van der Waals surface area contributed by atoms with E-state index in [0.717, 1.165) is 16.2 Å². The zero-order valence-electron chi connectivity index (χ0n) is 13.6. The number of methoxy groups -OCH3 is 1. The van der Waals surface area contributed by atoms with Gasteiger partial charge in [0.1, 0.15) is 6.04 Å². The molecule has 0 aliphatic carbocycles. The van der Waals surface area contributed by atoms with Gasteiger partial charge in [0.15, 0.2) is 0 Å². The van der Waals surface area contributed by atoms with Crippen LogP contribution in [0, 0.1) is 0 Å². The topological polar surface area (TPSA) is 66.9 Å². The third-order valence-electron chi connectivity index (χ3n) is 4.60. The number of fused-ring (bicyclic) bond motifs is 1. The first-order valence-electron chi connectivity index (χ1n) is 7.98. The summed E-state index contributed by atoms with van der Waals surface area (Å²) in [6.45, 7) is 0.819. The molecule has 0 unspecified atom stereocenters. The summed E-state index contributed by atoms with van der Waals surface area (Å²) in [5.74, 6) is -1.03. The molecule has 0 saturated carbocycles. The van der Waals surface area contributed by atoms with Crippen LogP contribution in [0.3, 0.4) is 0 Å². The second-order valence-corrected chi connectivity index (χ2v) is 6.09. The number of imide groups is 1. The van der Waals surface area contributed by atoms with E-state index in [-0.39, 0.29) is 5.91 Å². The van der Waals surface area contributed by atoms with Crippen LogP contribution >= 0.6 is 0 Å². The van der Waals surface area contributed by atoms with Gasteiger partial charge in [0.25, 0.3) is 17.7 Å². The summed E-state index contributed by atoms with van der Waals surface area (Å²) >= 11 is 0. The summed E-state index contributed by atoms with van der Waals surface area (Å²) in [6.07, 6.45) is 0. The van der Waals surface area contributed by atoms with Gasteiger partial charge in [0, 0.05) is 12.8 Å². The lowest BCUT2D eigenvalue weighted by Crippen LogP contribution is -2.65. The van der Waals surface area contributed by atoms with Crippen molar-refractivity contribution < 1.29 is 19.1 Å². The highest BCUT2D eigenvalue weighted by Crippen LogP contribution is 2.31. The molecule has 6 heteroatoms. The molecule has 2 aromatic rings. The van der Waals surface area contributed by atoms with Crippen LogP contribution in [-0.4, -0.2) is 42.3 Å². The van der Waals surface area contributed by atoms with Gasteiger partial charge >= 0.3 is 0 Å². The lowest BCUT2D eigenvalue weighted by atomic mass is 10.0. The van der Waals surface area contributed by atoms with E-state index in [1.807, 2.05) is 24.3 Å². The standard InChI is InChI=1S/C19H16N2O4/c1-25-11-12-6-8-13(9-7-12)20-10-16(19(20)24)21-17(22)14-4-2-3-5-15(14)18(21)23/h2-9,16H,10-11H2,1H3/t16-/m0/s1. The Morgan fingerprint density at radius 3 is 2.08 bits per heavy atom. The van der Waals surface area contributed by atoms with E-state index in [4.69, 9.17) is 4.74 Å². The fourth-order valence-corrected chi connectivity index (χ4v) is 3.26. The molecule has 1 fully saturated rings. The second kappa shape index (κ2) is 5.82. The molecule has 2 aromatic carbocycles. The van der Waals surface area contributed by atoms with Crippen molar-refractivity contribution in [3.63, 3.8) is 0 Å². The van der Waals surface area contributed by atoms with E-state index < -0.39 is 17.9 Å². The molecule has 0 radical (unpaired) electrons. The first-order valence-corrected chi connectivity index (χ1v) is 7.98. The zero-order chi connectivity index (χ0) is 17.6. The van der Waals surface area contributed by atoms with Crippen LogP contribution in [0.4, 0.5) is 5.69 Å². The number of hydrogen-bond donors (Lipinski definition) is 0. The molecular weight excluding hydrogens is 320 g/mol. The second-order valence-electron chi connectivity index (χ2n) is 6.09. The number of carbonyl (C=O) groups excluding carboxylic acids is 3. The summed E-state index contributed by atoms with van der Waals surface area (Å²) in [5, 5.41) is 0. The summed E-state index contributed by atoms with van der Waals surface area (Å²) in [5.41, 5.74) is 2.49. The Balaban J connectivity index is 1.51. The molecule has 0 bridgehead atoms. The van der Waals surface area contributed by atoms with Gasteiger partial charge < -0.3 is 9.64 Å². The van der Waals surface area contributed by atoms with E-state index >= 15 is 0 Å². The molecule has 4 rings (SSSR count). The number of benzene rings is 2. The van der Waals surface area contributed by atoms with Crippen LogP contribution in [0.1, 0.15) is 26.3 Å². The molecular formula is C19H16N2O4. The average Bonchev–Trinajstić information content (AvgIpc) is 2.88. The van der Waals surface area contributed by atoms with Crippen LogP contribution in [0.15, 0.2) is 48.5 Å². The van der Waals surface area contributed by atoms with Crippen molar-refractivity contribution in [2.45, 2.75) is 12.6 Å². The highest BCUT2D eigenvalue weighted by Gasteiger charge is 2.50. The number of anilines is 1. The fourth-order valence-electron chi connectivity index (χ4n) is 3.26. The molecule has 1 saturated heterocycles. The number of amides is 3. The minimum atomic E-state index is -0.731. The molecule has 0 N–H and O–H groups in total. The molecule has 2 heterocycles. The van der Waals surface area contributed by atoms with Crippen molar-refractivity contribution in [1.29, 1.82) is 0 Å². The highest BCUT2D eigenvalue weighted by atomic mass is 16.5. The number of rotatable bonds is 4. The maximum atomic E-state index is 12.6. The van der Waals surface area contributed by atoms with Crippen molar-refractivity contribution in [3.8, 4) is 0 Å². The third-order valence-corrected chi connectivity index (χ3v) is 4.60. The number of carbonyl (C=O) groups is 3. The predicted molar refractivity (Wildman–Crippen MR) is 90.2 cm³/mol. The van der Waals surface area contributed by atoms with Crippen LogP contribution in [0.25, 0.3) is 0 Å². The van der Waals surface area contributed by atoms with Crippen LogP contribution in [0.2, 0.25) is 0 Å². The molecule has 0 aromatic heterocycles. The zero-order valence-corrected chi connectivity index (χ0v) is 13.6. The normalized spacial score (nSPS) is 19.2. The van der Waals surface area contributed by atoms with E-state index in [1.54, 1.807) is 36.3 Å². The van der Waals surface area contributed by atoms with Gasteiger partial charge in [-0.3, -0.25) is 19.3 Å². The Morgan fingerprint density at radius 1 is 0.960 bits per heavy atom. The van der Waals surface area contributed by atoms with Gasteiger partial charge in [-0.15, -0.1) is 0 Å². The van der Waals surface area contributed by atoms with Gasteiger partial charge in [-0.25, -0.2) is 0 Å². The number of ether oxygens (including phenoxy) is 1. The smallest absolute Gasteiger partial charge is 0.262 e. The first-order chi connectivity index (χ1) is 12.1. The van der Waals surface area contributed by atoms with E-state index in [0.29, 0.717) is 24.3 Å². The van der Waals surface area contributed by atoms with Gasteiger partial charge in [-0.05, 0) is 29.8 Å². The number of hydrogen-bond acceptors (Lipinski definition) is 4. The molecule has 1 atom stereocenters. The maximum Gasteiger partial charge on any atom is 0.262 e. The molecule has 3 amide bonds. The first kappa shape index (κ1) is 15.5. The number of β-lactam (4-membered cyclic amide) rings is 1. The van der Waals surface area contributed by atoms with Crippen molar-refractivity contribution >= 4 is 23.4 Å². The minimum Gasteiger partial charge on any atom is -0.380 e. The number of nitrogens with zero attached hydrogens (tertiary/aromatic N) is 2. The maximum absolute atomic E-state index is 12.6. The average molecular weight is 336 g/mol. The largest absolute Gasteiger partial charge is 0.380 e. The molecule has 126 valence electrons. The van der Waals surface area contributed by atoms with Gasteiger partial charge in [-0.2, -0.15) is 0 Å². The van der Waals surface area contributed by atoms with Gasteiger partial charge in [0.05, 0.1) is 24.3 Å². The van der Waals surface area contributed by atoms with E-state index in [2.05, 4.69) is 0 Å². The Kier molecular flexibility index (Phi) is 3.62. The SMILES string of the molecule is COCc1ccc(N2C[C@H](N3C(=O)c4ccccc4C3=O)C2=O)cc1. The lowest BCUT2D eigenvalue weighted by Gasteiger charge is -2.41. The lowest BCUT2D eigenvalue weighted by molar-refractivity contribution is -0.127. The Labute approximate surface area is 144 Å². The van der Waals surface area contributed by atoms with Crippen molar-refractivity contribution in [2.75, 3.05) is 18.6 Å². The molecule has 0 spiro atoms. The van der Waals surface area contributed by atoms with Gasteiger partial charge in [-0.1, -0.05) is 24.3 Å². The third kappa shape index (κ3) is 2.34. The van der Waals surface area contributed by atoms with Crippen molar-refractivity contribution in [3.05, 3.63) is 65.2 Å². The summed E-state index contributed by atoms with van der Waals surface area (Å²) in [7, 11) is 1.62. The quantitative estimate of drug-likeness (QED) is 0.631. The summed E-state index contributed by atoms with van der Waals surface area (Å²) in [4.78, 5) is 40.2. The Bertz CT molecular complexity index is 840. The van der Waals surface area contributed by atoms with E-state index in [1.165, 1.54) is 0 Å². The molecule has 25 heavy (non-hydrogen) atoms. The fraction of sp³-hybridized carbons (Fsp3) is 0.211. The highest BCUT2D eigenvalue weighted by molar-refractivity contribution is 6.24. The van der Waals surface area contributed by atoms with Gasteiger partial charge in [0.2, 0.25) is 0 Å². The minimum absolute atomic E-state index is 0.242. The van der Waals surface area contributed by atoms with Crippen LogP contribution in [-0.2, 0) is 16.1 Å². The van der Waals surface area contributed by atoms with E-state index in [9.17, 15) is 14.4 Å². The Hall–Kier alpha value is -2.99. The summed E-state index contributed by atoms with van der Waals surface area (Å²) in [6, 6.07) is 13.4.